The van der Waals surface area contributed by atoms with Crippen LogP contribution < -0.4 is 5.32 Å². The minimum atomic E-state index is -0.215. The number of amides is 1. The van der Waals surface area contributed by atoms with E-state index in [-0.39, 0.29) is 29.6 Å². The van der Waals surface area contributed by atoms with Crippen molar-refractivity contribution < 1.29 is 13.6 Å². The lowest BCUT2D eigenvalue weighted by Gasteiger charge is -2.26. The molecule has 132 valence electrons. The number of rotatable bonds is 6. The Morgan fingerprint density at radius 1 is 1.24 bits per heavy atom. The summed E-state index contributed by atoms with van der Waals surface area (Å²) in [5, 5.41) is 3.07. The first kappa shape index (κ1) is 16.3. The fourth-order valence-corrected chi connectivity index (χ4v) is 3.88. The van der Waals surface area contributed by atoms with Gasteiger partial charge < -0.3 is 9.73 Å². The highest BCUT2D eigenvalue weighted by Crippen LogP contribution is 2.48. The molecule has 1 saturated heterocycles. The van der Waals surface area contributed by atoms with Crippen molar-refractivity contribution in [2.75, 3.05) is 19.6 Å². The molecule has 1 aromatic carbocycles. The SMILES string of the molecule is O=C(NC[C@H](c1ccco1)N1CCCC1)[C@@H]1C[C@@H]1c1ccccc1F. The Kier molecular flexibility index (Phi) is 4.57. The average molecular weight is 342 g/mol. The zero-order chi connectivity index (χ0) is 17.2. The van der Waals surface area contributed by atoms with Gasteiger partial charge in [0.1, 0.15) is 11.6 Å². The van der Waals surface area contributed by atoms with Gasteiger partial charge in [-0.2, -0.15) is 0 Å². The predicted octanol–water partition coefficient (Wildman–Crippen LogP) is 3.48. The van der Waals surface area contributed by atoms with Crippen LogP contribution in [0.5, 0.6) is 0 Å². The third-order valence-electron chi connectivity index (χ3n) is 5.35. The minimum absolute atomic E-state index is 0.00931. The van der Waals surface area contributed by atoms with Gasteiger partial charge in [-0.3, -0.25) is 9.69 Å². The largest absolute Gasteiger partial charge is 0.468 e. The average Bonchev–Trinajstić information content (AvgIpc) is 3.03. The second-order valence-electron chi connectivity index (χ2n) is 6.99. The van der Waals surface area contributed by atoms with Gasteiger partial charge in [-0.05, 0) is 62.0 Å². The fraction of sp³-hybridized carbons (Fsp3) is 0.450. The molecular weight excluding hydrogens is 319 g/mol. The Bertz CT molecular complexity index is 725. The van der Waals surface area contributed by atoms with E-state index in [2.05, 4.69) is 10.2 Å². The molecule has 1 saturated carbocycles. The number of halogens is 1. The smallest absolute Gasteiger partial charge is 0.223 e. The lowest BCUT2D eigenvalue weighted by atomic mass is 10.1. The number of furan rings is 1. The zero-order valence-corrected chi connectivity index (χ0v) is 14.2. The van der Waals surface area contributed by atoms with Crippen LogP contribution in [0.3, 0.4) is 0 Å². The second-order valence-corrected chi connectivity index (χ2v) is 6.99. The van der Waals surface area contributed by atoms with Crippen molar-refractivity contribution in [3.05, 3.63) is 59.8 Å². The van der Waals surface area contributed by atoms with Crippen LogP contribution in [0.2, 0.25) is 0 Å². The van der Waals surface area contributed by atoms with Crippen LogP contribution in [0.1, 0.15) is 42.5 Å². The van der Waals surface area contributed by atoms with Gasteiger partial charge in [0, 0.05) is 12.5 Å². The molecule has 2 aromatic rings. The highest BCUT2D eigenvalue weighted by atomic mass is 19.1. The summed E-state index contributed by atoms with van der Waals surface area (Å²) in [5.74, 6) is 0.587. The van der Waals surface area contributed by atoms with Crippen molar-refractivity contribution in [3.63, 3.8) is 0 Å². The molecule has 3 atom stereocenters. The Hall–Kier alpha value is -2.14. The van der Waals surface area contributed by atoms with Gasteiger partial charge in [-0.1, -0.05) is 18.2 Å². The molecule has 1 amide bonds. The third-order valence-corrected chi connectivity index (χ3v) is 5.35. The lowest BCUT2D eigenvalue weighted by Crippen LogP contribution is -2.37. The highest BCUT2D eigenvalue weighted by Gasteiger charge is 2.45. The van der Waals surface area contributed by atoms with Crippen LogP contribution >= 0.6 is 0 Å². The highest BCUT2D eigenvalue weighted by molar-refractivity contribution is 5.82. The van der Waals surface area contributed by atoms with Crippen molar-refractivity contribution in [1.29, 1.82) is 0 Å². The van der Waals surface area contributed by atoms with E-state index in [0.717, 1.165) is 25.3 Å². The molecule has 0 spiro atoms. The molecule has 1 aliphatic heterocycles. The fourth-order valence-electron chi connectivity index (χ4n) is 3.88. The summed E-state index contributed by atoms with van der Waals surface area (Å²) in [4.78, 5) is 14.9. The number of likely N-dealkylation sites (tertiary alicyclic amines) is 1. The Morgan fingerprint density at radius 3 is 2.76 bits per heavy atom. The topological polar surface area (TPSA) is 45.5 Å². The van der Waals surface area contributed by atoms with Gasteiger partial charge in [0.2, 0.25) is 5.91 Å². The summed E-state index contributed by atoms with van der Waals surface area (Å²) in [7, 11) is 0. The molecule has 0 bridgehead atoms. The molecule has 0 radical (unpaired) electrons. The van der Waals surface area contributed by atoms with Gasteiger partial charge in [0.05, 0.1) is 12.3 Å². The molecule has 0 unspecified atom stereocenters. The number of benzene rings is 1. The van der Waals surface area contributed by atoms with Crippen LogP contribution in [0.15, 0.2) is 47.1 Å². The zero-order valence-electron chi connectivity index (χ0n) is 14.2. The molecule has 1 aliphatic carbocycles. The van der Waals surface area contributed by atoms with Crippen molar-refractivity contribution >= 4 is 5.91 Å². The van der Waals surface area contributed by atoms with E-state index >= 15 is 0 Å². The Balaban J connectivity index is 1.37. The molecule has 25 heavy (non-hydrogen) atoms. The standard InChI is InChI=1S/C20H23FN2O2/c21-17-7-2-1-6-14(17)15-12-16(15)20(24)22-13-18(19-8-5-11-25-19)23-9-3-4-10-23/h1-2,5-8,11,15-16,18H,3-4,9-10,12-13H2,(H,22,24)/t15-,16-,18-/m1/s1. The summed E-state index contributed by atoms with van der Waals surface area (Å²) in [6, 6.07) is 10.7. The minimum Gasteiger partial charge on any atom is -0.468 e. The van der Waals surface area contributed by atoms with E-state index in [1.807, 2.05) is 18.2 Å². The number of nitrogens with one attached hydrogen (secondary N) is 1. The quantitative estimate of drug-likeness (QED) is 0.874. The maximum absolute atomic E-state index is 13.9. The van der Waals surface area contributed by atoms with Gasteiger partial charge in [0.25, 0.3) is 0 Å². The van der Waals surface area contributed by atoms with Crippen molar-refractivity contribution in [2.45, 2.75) is 31.2 Å². The normalized spacial score (nSPS) is 24.2. The number of carbonyl (C=O) groups is 1. The first-order valence-corrected chi connectivity index (χ1v) is 9.03. The third kappa shape index (κ3) is 3.47. The maximum Gasteiger partial charge on any atom is 0.223 e. The number of hydrogen-bond acceptors (Lipinski definition) is 3. The Morgan fingerprint density at radius 2 is 2.04 bits per heavy atom. The van der Waals surface area contributed by atoms with Gasteiger partial charge >= 0.3 is 0 Å². The van der Waals surface area contributed by atoms with Gasteiger partial charge in [-0.15, -0.1) is 0 Å². The van der Waals surface area contributed by atoms with Crippen molar-refractivity contribution in [1.82, 2.24) is 10.2 Å². The Labute approximate surface area is 147 Å². The van der Waals surface area contributed by atoms with E-state index in [0.29, 0.717) is 12.1 Å². The van der Waals surface area contributed by atoms with E-state index in [1.54, 1.807) is 18.4 Å². The summed E-state index contributed by atoms with van der Waals surface area (Å²) < 4.78 is 19.5. The van der Waals surface area contributed by atoms with Crippen LogP contribution in [0, 0.1) is 11.7 Å². The van der Waals surface area contributed by atoms with Gasteiger partial charge in [-0.25, -0.2) is 4.39 Å². The predicted molar refractivity (Wildman–Crippen MR) is 92.5 cm³/mol. The summed E-state index contributed by atoms with van der Waals surface area (Å²) in [6.45, 7) is 2.60. The molecule has 5 heteroatoms. The van der Waals surface area contributed by atoms with E-state index < -0.39 is 0 Å². The van der Waals surface area contributed by atoms with Crippen LogP contribution in [0.4, 0.5) is 4.39 Å². The molecule has 1 aromatic heterocycles. The second kappa shape index (κ2) is 7.00. The monoisotopic (exact) mass is 342 g/mol. The first-order valence-electron chi connectivity index (χ1n) is 9.03. The molecule has 4 nitrogen and oxygen atoms in total. The van der Waals surface area contributed by atoms with E-state index in [4.69, 9.17) is 4.42 Å². The van der Waals surface area contributed by atoms with Crippen LogP contribution in [-0.2, 0) is 4.79 Å². The van der Waals surface area contributed by atoms with Crippen LogP contribution in [-0.4, -0.2) is 30.4 Å². The summed E-state index contributed by atoms with van der Waals surface area (Å²) in [6.07, 6.45) is 4.77. The summed E-state index contributed by atoms with van der Waals surface area (Å²) in [5.41, 5.74) is 0.657. The first-order chi connectivity index (χ1) is 12.2. The molecule has 2 fully saturated rings. The van der Waals surface area contributed by atoms with Crippen molar-refractivity contribution in [3.8, 4) is 0 Å². The molecule has 2 heterocycles. The summed E-state index contributed by atoms with van der Waals surface area (Å²) >= 11 is 0. The van der Waals surface area contributed by atoms with Crippen LogP contribution in [0.25, 0.3) is 0 Å². The molecule has 4 rings (SSSR count). The maximum atomic E-state index is 13.9. The molecule has 2 aliphatic rings. The van der Waals surface area contributed by atoms with Gasteiger partial charge in [0.15, 0.2) is 0 Å². The van der Waals surface area contributed by atoms with Crippen molar-refractivity contribution in [2.24, 2.45) is 5.92 Å². The number of nitrogens with zero attached hydrogens (tertiary/aromatic N) is 1. The number of carbonyl (C=O) groups excluding carboxylic acids is 1. The molecular formula is C20H23FN2O2. The molecule has 1 N–H and O–H groups in total. The van der Waals surface area contributed by atoms with E-state index in [9.17, 15) is 9.18 Å². The number of hydrogen-bond donors (Lipinski definition) is 1. The lowest BCUT2D eigenvalue weighted by molar-refractivity contribution is -0.122. The van der Waals surface area contributed by atoms with E-state index in [1.165, 1.54) is 18.9 Å².